The lowest BCUT2D eigenvalue weighted by molar-refractivity contribution is -0.945. The summed E-state index contributed by atoms with van der Waals surface area (Å²) in [4.78, 5) is 13.9. The highest BCUT2D eigenvalue weighted by molar-refractivity contribution is 6.07. The third kappa shape index (κ3) is 2.77. The van der Waals surface area contributed by atoms with Crippen LogP contribution in [0.4, 0.5) is 0 Å². The molecule has 2 heterocycles. The molecule has 3 aromatic carbocycles. The molecule has 0 amide bonds. The summed E-state index contributed by atoms with van der Waals surface area (Å²) in [6, 6.07) is 18.3. The Kier molecular flexibility index (Phi) is 3.95. The molecule has 0 spiro atoms. The van der Waals surface area contributed by atoms with Crippen molar-refractivity contribution in [2.24, 2.45) is 0 Å². The lowest BCUT2D eigenvalue weighted by Crippen LogP contribution is -3.10. The van der Waals surface area contributed by atoms with Crippen molar-refractivity contribution in [1.82, 2.24) is 0 Å². The van der Waals surface area contributed by atoms with Crippen LogP contribution in [0.1, 0.15) is 22.3 Å². The minimum absolute atomic E-state index is 0.290. The molecule has 0 saturated heterocycles. The van der Waals surface area contributed by atoms with Crippen molar-refractivity contribution in [3.05, 3.63) is 87.3 Å². The first-order valence-electron chi connectivity index (χ1n) is 9.60. The summed E-state index contributed by atoms with van der Waals surface area (Å²) in [5.41, 5.74) is 4.96. The summed E-state index contributed by atoms with van der Waals surface area (Å²) < 4.78 is 11.9. The Morgan fingerprint density at radius 2 is 1.75 bits per heavy atom. The monoisotopic (exact) mass is 372 g/mol. The zero-order valence-electron chi connectivity index (χ0n) is 16.0. The van der Waals surface area contributed by atoms with Crippen LogP contribution in [0.5, 0.6) is 5.75 Å². The van der Waals surface area contributed by atoms with E-state index in [4.69, 9.17) is 9.15 Å². The molecule has 1 atom stereocenters. The van der Waals surface area contributed by atoms with Crippen molar-refractivity contribution in [2.75, 3.05) is 6.73 Å². The molecule has 1 aromatic heterocycles. The average molecular weight is 372 g/mol. The molecule has 4 heteroatoms. The van der Waals surface area contributed by atoms with Gasteiger partial charge < -0.3 is 9.15 Å². The molecule has 1 unspecified atom stereocenters. The fourth-order valence-corrected chi connectivity index (χ4v) is 4.16. The van der Waals surface area contributed by atoms with Gasteiger partial charge in [-0.15, -0.1) is 0 Å². The summed E-state index contributed by atoms with van der Waals surface area (Å²) >= 11 is 0. The Bertz CT molecular complexity index is 1260. The van der Waals surface area contributed by atoms with Gasteiger partial charge in [-0.1, -0.05) is 48.0 Å². The van der Waals surface area contributed by atoms with Crippen LogP contribution in [0.3, 0.4) is 0 Å². The highest BCUT2D eigenvalue weighted by Crippen LogP contribution is 2.34. The largest absolute Gasteiger partial charge is 0.445 e. The first-order valence-corrected chi connectivity index (χ1v) is 9.60. The highest BCUT2D eigenvalue weighted by atomic mass is 16.5. The quantitative estimate of drug-likeness (QED) is 0.433. The van der Waals surface area contributed by atoms with Gasteiger partial charge in [-0.2, -0.15) is 0 Å². The van der Waals surface area contributed by atoms with Crippen molar-refractivity contribution >= 4 is 21.7 Å². The smallest absolute Gasteiger partial charge is 0.344 e. The zero-order chi connectivity index (χ0) is 19.3. The standard InChI is InChI=1S/C24H21NO3/c1-15-7-9-17(10-8-15)12-25-13-20-21(27-14-25)11-16(2)22-18-5-3-4-6-19(18)24(26)28-23(20)22/h3-11H,12-14H2,1-2H3/p+1. The van der Waals surface area contributed by atoms with Gasteiger partial charge in [0.2, 0.25) is 6.73 Å². The molecule has 28 heavy (non-hydrogen) atoms. The van der Waals surface area contributed by atoms with Crippen LogP contribution in [0.2, 0.25) is 0 Å². The topological polar surface area (TPSA) is 43.9 Å². The molecule has 0 aliphatic carbocycles. The van der Waals surface area contributed by atoms with Crippen molar-refractivity contribution in [3.8, 4) is 5.75 Å². The van der Waals surface area contributed by atoms with E-state index >= 15 is 0 Å². The summed E-state index contributed by atoms with van der Waals surface area (Å²) in [7, 11) is 0. The number of hydrogen-bond acceptors (Lipinski definition) is 3. The first kappa shape index (κ1) is 17.0. The summed E-state index contributed by atoms with van der Waals surface area (Å²) in [6.07, 6.45) is 0. The molecule has 4 nitrogen and oxygen atoms in total. The molecule has 1 aliphatic heterocycles. The summed E-state index contributed by atoms with van der Waals surface area (Å²) in [6.45, 7) is 6.37. The predicted octanol–water partition coefficient (Wildman–Crippen LogP) is 3.50. The molecule has 0 fully saturated rings. The molecule has 0 radical (unpaired) electrons. The Hall–Kier alpha value is -3.11. The van der Waals surface area contributed by atoms with Gasteiger partial charge in [0, 0.05) is 16.3 Å². The molecule has 140 valence electrons. The van der Waals surface area contributed by atoms with Gasteiger partial charge in [0.05, 0.1) is 10.9 Å². The van der Waals surface area contributed by atoms with E-state index in [0.29, 0.717) is 17.7 Å². The lowest BCUT2D eigenvalue weighted by Gasteiger charge is -2.27. The van der Waals surface area contributed by atoms with Gasteiger partial charge in [-0.05, 0) is 31.5 Å². The third-order valence-corrected chi connectivity index (χ3v) is 5.58. The average Bonchev–Trinajstić information content (AvgIpc) is 2.70. The number of rotatable bonds is 2. The third-order valence-electron chi connectivity index (χ3n) is 5.58. The second kappa shape index (κ2) is 6.50. The van der Waals surface area contributed by atoms with Crippen molar-refractivity contribution in [3.63, 3.8) is 0 Å². The number of aryl methyl sites for hydroxylation is 2. The minimum Gasteiger partial charge on any atom is -0.445 e. The maximum Gasteiger partial charge on any atom is 0.344 e. The van der Waals surface area contributed by atoms with Crippen LogP contribution in [0.15, 0.2) is 63.8 Å². The number of fused-ring (bicyclic) bond motifs is 5. The van der Waals surface area contributed by atoms with E-state index in [9.17, 15) is 4.79 Å². The molecule has 0 saturated carbocycles. The molecule has 4 aromatic rings. The van der Waals surface area contributed by atoms with Gasteiger partial charge in [-0.3, -0.25) is 4.90 Å². The predicted molar refractivity (Wildman–Crippen MR) is 110 cm³/mol. The molecule has 1 aliphatic rings. The molecular weight excluding hydrogens is 350 g/mol. The zero-order valence-corrected chi connectivity index (χ0v) is 16.0. The Morgan fingerprint density at radius 3 is 2.54 bits per heavy atom. The Morgan fingerprint density at radius 1 is 1.00 bits per heavy atom. The second-order valence-electron chi connectivity index (χ2n) is 7.69. The van der Waals surface area contributed by atoms with Crippen molar-refractivity contribution in [1.29, 1.82) is 0 Å². The van der Waals surface area contributed by atoms with Crippen LogP contribution in [0, 0.1) is 13.8 Å². The number of ether oxygens (including phenoxy) is 1. The van der Waals surface area contributed by atoms with Crippen molar-refractivity contribution < 1.29 is 14.1 Å². The summed E-state index contributed by atoms with van der Waals surface area (Å²) in [5.74, 6) is 0.830. The molecular formula is C24H22NO3+. The van der Waals surface area contributed by atoms with Gasteiger partial charge >= 0.3 is 5.63 Å². The number of quaternary nitrogens is 1. The van der Waals surface area contributed by atoms with Crippen LogP contribution >= 0.6 is 0 Å². The van der Waals surface area contributed by atoms with Crippen LogP contribution in [-0.4, -0.2) is 6.73 Å². The molecule has 0 bridgehead atoms. The molecule has 5 rings (SSSR count). The van der Waals surface area contributed by atoms with E-state index in [1.165, 1.54) is 16.0 Å². The summed E-state index contributed by atoms with van der Waals surface area (Å²) in [5, 5.41) is 2.58. The maximum absolute atomic E-state index is 12.6. The normalized spacial score (nSPS) is 16.1. The maximum atomic E-state index is 12.6. The van der Waals surface area contributed by atoms with Crippen LogP contribution < -0.4 is 15.3 Å². The first-order chi connectivity index (χ1) is 13.6. The fraction of sp³-hybridized carbons (Fsp3) is 0.208. The lowest BCUT2D eigenvalue weighted by atomic mass is 9.98. The SMILES string of the molecule is Cc1ccc(C[NH+]2COc3cc(C)c4c(oc(=O)c5ccccc54)c3C2)cc1. The van der Waals surface area contributed by atoms with E-state index in [1.807, 2.05) is 31.2 Å². The number of benzene rings is 3. The van der Waals surface area contributed by atoms with E-state index < -0.39 is 0 Å². The Labute approximate surface area is 163 Å². The van der Waals surface area contributed by atoms with E-state index in [-0.39, 0.29) is 5.63 Å². The van der Waals surface area contributed by atoms with Crippen LogP contribution in [0.25, 0.3) is 21.7 Å². The van der Waals surface area contributed by atoms with E-state index in [1.54, 1.807) is 0 Å². The minimum atomic E-state index is -0.290. The van der Waals surface area contributed by atoms with Gasteiger partial charge in [0.15, 0.2) is 5.58 Å². The van der Waals surface area contributed by atoms with Crippen molar-refractivity contribution in [2.45, 2.75) is 26.9 Å². The molecule has 1 N–H and O–H groups in total. The van der Waals surface area contributed by atoms with E-state index in [0.717, 1.165) is 40.7 Å². The van der Waals surface area contributed by atoms with Crippen LogP contribution in [-0.2, 0) is 13.1 Å². The number of hydrogen-bond donors (Lipinski definition) is 1. The highest BCUT2D eigenvalue weighted by Gasteiger charge is 2.26. The van der Waals surface area contributed by atoms with Gasteiger partial charge in [0.1, 0.15) is 18.8 Å². The Balaban J connectivity index is 1.62. The number of nitrogens with one attached hydrogen (secondary N) is 1. The fourth-order valence-electron chi connectivity index (χ4n) is 4.16. The van der Waals surface area contributed by atoms with Gasteiger partial charge in [0.25, 0.3) is 0 Å². The van der Waals surface area contributed by atoms with E-state index in [2.05, 4.69) is 37.3 Å². The van der Waals surface area contributed by atoms with Gasteiger partial charge in [-0.25, -0.2) is 4.79 Å². The second-order valence-corrected chi connectivity index (χ2v) is 7.69.